The van der Waals surface area contributed by atoms with Crippen molar-refractivity contribution < 1.29 is 9.59 Å². The SMILES string of the molecule is Cc1c(C(=O)N[C@@H]2C[C@H](C)N(C3CC3)C2)[nH]c2c1C(=O)CC(C)(C)C2. The number of amides is 1. The number of carbonyl (C=O) groups is 2. The van der Waals surface area contributed by atoms with Crippen LogP contribution in [0.3, 0.4) is 0 Å². The lowest BCUT2D eigenvalue weighted by Crippen LogP contribution is -2.38. The summed E-state index contributed by atoms with van der Waals surface area (Å²) in [6.45, 7) is 9.31. The molecule has 136 valence electrons. The summed E-state index contributed by atoms with van der Waals surface area (Å²) >= 11 is 0. The molecule has 0 bridgehead atoms. The third-order valence-corrected chi connectivity index (χ3v) is 6.10. The number of hydrogen-bond donors (Lipinski definition) is 2. The predicted octanol–water partition coefficient (Wildman–Crippen LogP) is 2.83. The monoisotopic (exact) mass is 343 g/mol. The summed E-state index contributed by atoms with van der Waals surface area (Å²) in [5, 5.41) is 3.20. The van der Waals surface area contributed by atoms with Gasteiger partial charge in [-0.3, -0.25) is 14.5 Å². The molecule has 1 saturated carbocycles. The van der Waals surface area contributed by atoms with Crippen LogP contribution in [0.2, 0.25) is 0 Å². The van der Waals surface area contributed by atoms with E-state index in [-0.39, 0.29) is 23.1 Å². The Morgan fingerprint density at radius 2 is 2.00 bits per heavy atom. The van der Waals surface area contributed by atoms with Gasteiger partial charge in [-0.25, -0.2) is 0 Å². The molecule has 4 rings (SSSR count). The number of Topliss-reactive ketones (excluding diaryl/α,β-unsaturated/α-hetero) is 1. The van der Waals surface area contributed by atoms with Crippen LogP contribution in [-0.4, -0.2) is 46.2 Å². The van der Waals surface area contributed by atoms with Gasteiger partial charge in [0, 0.05) is 42.3 Å². The van der Waals surface area contributed by atoms with Crippen LogP contribution in [0.15, 0.2) is 0 Å². The van der Waals surface area contributed by atoms with Gasteiger partial charge in [0.25, 0.3) is 5.91 Å². The lowest BCUT2D eigenvalue weighted by Gasteiger charge is -2.28. The molecule has 0 spiro atoms. The molecule has 0 aromatic carbocycles. The van der Waals surface area contributed by atoms with Gasteiger partial charge in [-0.2, -0.15) is 0 Å². The summed E-state index contributed by atoms with van der Waals surface area (Å²) in [6.07, 6.45) is 4.97. The number of nitrogens with zero attached hydrogens (tertiary/aromatic N) is 1. The first-order valence-electron chi connectivity index (χ1n) is 9.56. The van der Waals surface area contributed by atoms with E-state index in [2.05, 4.69) is 36.0 Å². The lowest BCUT2D eigenvalue weighted by molar-refractivity contribution is 0.0908. The van der Waals surface area contributed by atoms with Crippen LogP contribution >= 0.6 is 0 Å². The third-order valence-electron chi connectivity index (χ3n) is 6.10. The summed E-state index contributed by atoms with van der Waals surface area (Å²) < 4.78 is 0. The Bertz CT molecular complexity index is 730. The number of ketones is 1. The smallest absolute Gasteiger partial charge is 0.268 e. The predicted molar refractivity (Wildman–Crippen MR) is 97.0 cm³/mol. The van der Waals surface area contributed by atoms with E-state index >= 15 is 0 Å². The minimum atomic E-state index is -0.0626. The van der Waals surface area contributed by atoms with Crippen molar-refractivity contribution in [2.45, 2.75) is 77.9 Å². The highest BCUT2D eigenvalue weighted by molar-refractivity contribution is 6.04. The van der Waals surface area contributed by atoms with E-state index in [0.717, 1.165) is 42.2 Å². The molecule has 3 aliphatic rings. The van der Waals surface area contributed by atoms with Gasteiger partial charge < -0.3 is 10.3 Å². The molecule has 1 aromatic heterocycles. The summed E-state index contributed by atoms with van der Waals surface area (Å²) in [5.41, 5.74) is 3.04. The fraction of sp³-hybridized carbons (Fsp3) is 0.700. The molecule has 1 aromatic rings. The van der Waals surface area contributed by atoms with Crippen molar-refractivity contribution in [3.63, 3.8) is 0 Å². The first-order chi connectivity index (χ1) is 11.7. The zero-order chi connectivity index (χ0) is 17.9. The van der Waals surface area contributed by atoms with Gasteiger partial charge in [-0.05, 0) is 50.5 Å². The van der Waals surface area contributed by atoms with Crippen LogP contribution in [0.5, 0.6) is 0 Å². The van der Waals surface area contributed by atoms with E-state index in [0.29, 0.717) is 18.2 Å². The van der Waals surface area contributed by atoms with Gasteiger partial charge in [0.1, 0.15) is 5.69 Å². The molecule has 1 aliphatic heterocycles. The van der Waals surface area contributed by atoms with Crippen LogP contribution in [0.4, 0.5) is 0 Å². The van der Waals surface area contributed by atoms with Crippen molar-refractivity contribution in [1.82, 2.24) is 15.2 Å². The molecule has 0 radical (unpaired) electrons. The maximum atomic E-state index is 12.8. The van der Waals surface area contributed by atoms with Crippen molar-refractivity contribution >= 4 is 11.7 Å². The summed E-state index contributed by atoms with van der Waals surface area (Å²) in [6, 6.07) is 1.48. The summed E-state index contributed by atoms with van der Waals surface area (Å²) in [4.78, 5) is 31.1. The Morgan fingerprint density at radius 1 is 1.28 bits per heavy atom. The first-order valence-corrected chi connectivity index (χ1v) is 9.56. The summed E-state index contributed by atoms with van der Waals surface area (Å²) in [5.74, 6) is 0.0980. The number of hydrogen-bond acceptors (Lipinski definition) is 3. The topological polar surface area (TPSA) is 65.2 Å². The van der Waals surface area contributed by atoms with Crippen molar-refractivity contribution in [2.75, 3.05) is 6.54 Å². The number of rotatable bonds is 3. The molecule has 5 nitrogen and oxygen atoms in total. The minimum Gasteiger partial charge on any atom is -0.354 e. The highest BCUT2D eigenvalue weighted by Crippen LogP contribution is 2.37. The third kappa shape index (κ3) is 3.03. The maximum Gasteiger partial charge on any atom is 0.268 e. The number of nitrogens with one attached hydrogen (secondary N) is 2. The molecule has 2 aliphatic carbocycles. The van der Waals surface area contributed by atoms with Crippen molar-refractivity contribution in [3.05, 3.63) is 22.5 Å². The minimum absolute atomic E-state index is 0.0409. The zero-order valence-corrected chi connectivity index (χ0v) is 15.7. The van der Waals surface area contributed by atoms with Crippen molar-refractivity contribution in [3.8, 4) is 0 Å². The van der Waals surface area contributed by atoms with E-state index in [4.69, 9.17) is 0 Å². The molecular weight excluding hydrogens is 314 g/mol. The Hall–Kier alpha value is -1.62. The Balaban J connectivity index is 1.51. The van der Waals surface area contributed by atoms with E-state index < -0.39 is 0 Å². The van der Waals surface area contributed by atoms with Crippen LogP contribution in [-0.2, 0) is 6.42 Å². The lowest BCUT2D eigenvalue weighted by atomic mass is 9.75. The van der Waals surface area contributed by atoms with Crippen LogP contribution < -0.4 is 5.32 Å². The fourth-order valence-electron chi connectivity index (χ4n) is 4.79. The number of aromatic nitrogens is 1. The fourth-order valence-corrected chi connectivity index (χ4v) is 4.79. The van der Waals surface area contributed by atoms with E-state index in [9.17, 15) is 9.59 Å². The molecule has 2 fully saturated rings. The van der Waals surface area contributed by atoms with E-state index in [1.54, 1.807) is 0 Å². The Labute approximate surface area is 149 Å². The number of fused-ring (bicyclic) bond motifs is 1. The highest BCUT2D eigenvalue weighted by Gasteiger charge is 2.40. The largest absolute Gasteiger partial charge is 0.354 e. The average molecular weight is 343 g/mol. The van der Waals surface area contributed by atoms with Crippen LogP contribution in [0.25, 0.3) is 0 Å². The summed E-state index contributed by atoms with van der Waals surface area (Å²) in [7, 11) is 0. The Morgan fingerprint density at radius 3 is 2.68 bits per heavy atom. The second-order valence-corrected chi connectivity index (χ2v) is 9.10. The van der Waals surface area contributed by atoms with Crippen molar-refractivity contribution in [2.24, 2.45) is 5.41 Å². The van der Waals surface area contributed by atoms with Crippen molar-refractivity contribution in [1.29, 1.82) is 0 Å². The van der Waals surface area contributed by atoms with E-state index in [1.165, 1.54) is 12.8 Å². The normalized spacial score (nSPS) is 28.9. The van der Waals surface area contributed by atoms with Gasteiger partial charge in [-0.1, -0.05) is 13.8 Å². The molecule has 2 heterocycles. The molecule has 1 saturated heterocycles. The Kier molecular flexibility index (Phi) is 3.83. The van der Waals surface area contributed by atoms with Crippen LogP contribution in [0, 0.1) is 12.3 Å². The highest BCUT2D eigenvalue weighted by atomic mass is 16.2. The number of carbonyl (C=O) groups excluding carboxylic acids is 2. The zero-order valence-electron chi connectivity index (χ0n) is 15.7. The van der Waals surface area contributed by atoms with Crippen LogP contribution in [0.1, 0.15) is 78.6 Å². The van der Waals surface area contributed by atoms with Gasteiger partial charge in [0.15, 0.2) is 5.78 Å². The van der Waals surface area contributed by atoms with Gasteiger partial charge >= 0.3 is 0 Å². The average Bonchev–Trinajstić information content (AvgIpc) is 3.19. The van der Waals surface area contributed by atoms with E-state index in [1.807, 2.05) is 6.92 Å². The molecule has 25 heavy (non-hydrogen) atoms. The van der Waals surface area contributed by atoms with Gasteiger partial charge in [-0.15, -0.1) is 0 Å². The molecule has 1 amide bonds. The second kappa shape index (κ2) is 5.70. The maximum absolute atomic E-state index is 12.8. The number of likely N-dealkylation sites (tertiary alicyclic amines) is 1. The molecule has 0 unspecified atom stereocenters. The first kappa shape index (κ1) is 16.8. The number of aromatic amines is 1. The van der Waals surface area contributed by atoms with Gasteiger partial charge in [0.2, 0.25) is 0 Å². The quantitative estimate of drug-likeness (QED) is 0.887. The molecule has 2 N–H and O–H groups in total. The van der Waals surface area contributed by atoms with Gasteiger partial charge in [0.05, 0.1) is 0 Å². The molecule has 2 atom stereocenters. The second-order valence-electron chi connectivity index (χ2n) is 9.10. The standard InChI is InChI=1S/C20H29N3O2/c1-11-7-13(10-23(11)14-5-6-14)21-19(25)18-12(2)17-15(22-18)8-20(3,4)9-16(17)24/h11,13-14,22H,5-10H2,1-4H3,(H,21,25)/t11-,13+/m0/s1. The molecular formula is C20H29N3O2. The number of H-pyrrole nitrogens is 1. The molecule has 5 heteroatoms.